The van der Waals surface area contributed by atoms with Gasteiger partial charge in [0.2, 0.25) is 6.79 Å². The van der Waals surface area contributed by atoms with Gasteiger partial charge in [-0.15, -0.1) is 0 Å². The van der Waals surface area contributed by atoms with Gasteiger partial charge < -0.3 is 29.6 Å². The first-order valence-electron chi connectivity index (χ1n) is 8.89. The molecular weight excluding hydrogens is 360 g/mol. The number of halogens is 2. The number of guanidine groups is 1. The second-order valence-electron chi connectivity index (χ2n) is 6.37. The molecule has 2 N–H and O–H groups in total. The Balaban J connectivity index is 1.84. The van der Waals surface area contributed by atoms with Crippen molar-refractivity contribution in [3.05, 3.63) is 17.7 Å². The fourth-order valence-electron chi connectivity index (χ4n) is 2.41. The van der Waals surface area contributed by atoms with Crippen LogP contribution in [0.3, 0.4) is 0 Å². The van der Waals surface area contributed by atoms with Gasteiger partial charge in [0.1, 0.15) is 5.75 Å². The van der Waals surface area contributed by atoms with E-state index in [1.54, 1.807) is 13.1 Å². The number of ether oxygens (including phenoxy) is 4. The zero-order valence-electron chi connectivity index (χ0n) is 15.9. The average Bonchev–Trinajstić information content (AvgIpc) is 3.06. The van der Waals surface area contributed by atoms with Gasteiger partial charge in [-0.2, -0.15) is 8.78 Å². The average molecular weight is 387 g/mol. The number of aliphatic imine (C=N–C) groups is 1. The van der Waals surface area contributed by atoms with Crippen LogP contribution in [0.25, 0.3) is 0 Å². The van der Waals surface area contributed by atoms with Crippen LogP contribution in [-0.2, 0) is 11.3 Å². The molecule has 1 aromatic carbocycles. The predicted octanol–water partition coefficient (Wildman–Crippen LogP) is 2.74. The van der Waals surface area contributed by atoms with Crippen LogP contribution in [0, 0.1) is 5.92 Å². The second kappa shape index (κ2) is 10.8. The predicted molar refractivity (Wildman–Crippen MR) is 97.7 cm³/mol. The lowest BCUT2D eigenvalue weighted by Crippen LogP contribution is -2.37. The number of nitrogens with zero attached hydrogens (tertiary/aromatic N) is 1. The molecule has 1 aliphatic heterocycles. The Labute approximate surface area is 158 Å². The molecule has 0 amide bonds. The van der Waals surface area contributed by atoms with Gasteiger partial charge in [0.05, 0.1) is 0 Å². The van der Waals surface area contributed by atoms with Crippen LogP contribution < -0.4 is 24.8 Å². The minimum absolute atomic E-state index is 0.0410. The molecule has 0 aliphatic carbocycles. The van der Waals surface area contributed by atoms with Crippen LogP contribution in [0.5, 0.6) is 17.2 Å². The monoisotopic (exact) mass is 387 g/mol. The smallest absolute Gasteiger partial charge is 0.387 e. The molecule has 1 heterocycles. The summed E-state index contributed by atoms with van der Waals surface area (Å²) in [5.74, 6) is 1.99. The van der Waals surface area contributed by atoms with Crippen LogP contribution in [0.4, 0.5) is 8.78 Å². The van der Waals surface area contributed by atoms with Gasteiger partial charge >= 0.3 is 6.61 Å². The minimum Gasteiger partial charge on any atom is -0.454 e. The Morgan fingerprint density at radius 2 is 1.96 bits per heavy atom. The molecule has 0 fully saturated rings. The summed E-state index contributed by atoms with van der Waals surface area (Å²) in [6.07, 6.45) is 0.831. The normalized spacial score (nSPS) is 13.4. The SMILES string of the molecule is CN=C(NCCCOCC(C)C)NCc1cc2c(cc1OC(F)F)OCO2. The Bertz CT molecular complexity index is 627. The third-order valence-electron chi connectivity index (χ3n) is 3.65. The van der Waals surface area contributed by atoms with Crippen LogP contribution in [-0.4, -0.2) is 46.2 Å². The molecule has 0 saturated heterocycles. The summed E-state index contributed by atoms with van der Waals surface area (Å²) in [5.41, 5.74) is 0.516. The first kappa shape index (κ1) is 21.0. The highest BCUT2D eigenvalue weighted by atomic mass is 19.3. The van der Waals surface area contributed by atoms with E-state index in [-0.39, 0.29) is 19.1 Å². The van der Waals surface area contributed by atoms with Gasteiger partial charge in [-0.25, -0.2) is 0 Å². The van der Waals surface area contributed by atoms with E-state index in [1.165, 1.54) is 6.07 Å². The summed E-state index contributed by atoms with van der Waals surface area (Å²) in [4.78, 5) is 4.12. The number of benzene rings is 1. The molecule has 152 valence electrons. The van der Waals surface area contributed by atoms with Crippen molar-refractivity contribution in [2.24, 2.45) is 10.9 Å². The highest BCUT2D eigenvalue weighted by Gasteiger charge is 2.20. The summed E-state index contributed by atoms with van der Waals surface area (Å²) in [5, 5.41) is 6.23. The Morgan fingerprint density at radius 3 is 2.63 bits per heavy atom. The van der Waals surface area contributed by atoms with Crippen LogP contribution in [0.1, 0.15) is 25.8 Å². The molecule has 0 saturated carbocycles. The van der Waals surface area contributed by atoms with E-state index in [1.807, 2.05) is 0 Å². The number of alkyl halides is 2. The number of fused-ring (bicyclic) bond motifs is 1. The maximum Gasteiger partial charge on any atom is 0.387 e. The summed E-state index contributed by atoms with van der Waals surface area (Å²) in [7, 11) is 1.64. The zero-order chi connectivity index (χ0) is 19.6. The Kier molecular flexibility index (Phi) is 8.38. The highest BCUT2D eigenvalue weighted by molar-refractivity contribution is 5.79. The number of hydrogen-bond acceptors (Lipinski definition) is 5. The summed E-state index contributed by atoms with van der Waals surface area (Å²) in [6.45, 7) is 3.66. The van der Waals surface area contributed by atoms with E-state index in [9.17, 15) is 8.78 Å². The van der Waals surface area contributed by atoms with Crippen molar-refractivity contribution < 1.29 is 27.7 Å². The van der Waals surface area contributed by atoms with Gasteiger partial charge in [-0.1, -0.05) is 13.8 Å². The largest absolute Gasteiger partial charge is 0.454 e. The van der Waals surface area contributed by atoms with E-state index < -0.39 is 6.61 Å². The Hall–Kier alpha value is -2.29. The topological polar surface area (TPSA) is 73.3 Å². The molecule has 9 heteroatoms. The van der Waals surface area contributed by atoms with Crippen molar-refractivity contribution in [2.45, 2.75) is 33.4 Å². The first-order valence-corrected chi connectivity index (χ1v) is 8.89. The third kappa shape index (κ3) is 7.09. The van der Waals surface area contributed by atoms with Gasteiger partial charge in [0, 0.05) is 45.0 Å². The Morgan fingerprint density at radius 1 is 1.22 bits per heavy atom. The summed E-state index contributed by atoms with van der Waals surface area (Å²) in [6, 6.07) is 3.04. The van der Waals surface area contributed by atoms with E-state index in [0.29, 0.717) is 42.1 Å². The molecule has 0 aromatic heterocycles. The quantitative estimate of drug-likeness (QED) is 0.365. The fourth-order valence-corrected chi connectivity index (χ4v) is 2.41. The van der Waals surface area contributed by atoms with Gasteiger partial charge in [0.25, 0.3) is 0 Å². The summed E-state index contributed by atoms with van der Waals surface area (Å²) >= 11 is 0. The molecule has 1 aliphatic rings. The van der Waals surface area contributed by atoms with Crippen molar-refractivity contribution >= 4 is 5.96 Å². The van der Waals surface area contributed by atoms with Crippen molar-refractivity contribution in [1.29, 1.82) is 0 Å². The lowest BCUT2D eigenvalue weighted by molar-refractivity contribution is -0.0505. The van der Waals surface area contributed by atoms with Crippen molar-refractivity contribution in [3.63, 3.8) is 0 Å². The molecule has 0 spiro atoms. The molecule has 0 bridgehead atoms. The number of rotatable bonds is 10. The molecule has 1 aromatic rings. The van der Waals surface area contributed by atoms with Crippen LogP contribution in [0.15, 0.2) is 17.1 Å². The maximum atomic E-state index is 12.7. The fraction of sp³-hybridized carbons (Fsp3) is 0.611. The molecule has 27 heavy (non-hydrogen) atoms. The maximum absolute atomic E-state index is 12.7. The van der Waals surface area contributed by atoms with Gasteiger partial charge in [-0.05, 0) is 18.4 Å². The third-order valence-corrected chi connectivity index (χ3v) is 3.65. The molecule has 0 unspecified atom stereocenters. The number of nitrogens with one attached hydrogen (secondary N) is 2. The number of hydrogen-bond donors (Lipinski definition) is 2. The van der Waals surface area contributed by atoms with E-state index in [2.05, 4.69) is 34.2 Å². The standard InChI is InChI=1S/C18H27F2N3O4/c1-12(2)10-24-6-4-5-22-18(21-3)23-9-13-7-15-16(26-11-25-15)8-14(13)27-17(19)20/h7-8,12,17H,4-6,9-11H2,1-3H3,(H2,21,22,23). The molecule has 0 atom stereocenters. The highest BCUT2D eigenvalue weighted by Crippen LogP contribution is 2.38. The lowest BCUT2D eigenvalue weighted by atomic mass is 10.1. The van der Waals surface area contributed by atoms with Crippen molar-refractivity contribution in [3.8, 4) is 17.2 Å². The van der Waals surface area contributed by atoms with Crippen molar-refractivity contribution in [1.82, 2.24) is 10.6 Å². The first-order chi connectivity index (χ1) is 13.0. The molecule has 0 radical (unpaired) electrons. The summed E-state index contributed by atoms with van der Waals surface area (Å²) < 4.78 is 46.0. The second-order valence-corrected chi connectivity index (χ2v) is 6.37. The molecule has 7 nitrogen and oxygen atoms in total. The van der Waals surface area contributed by atoms with E-state index >= 15 is 0 Å². The van der Waals surface area contributed by atoms with Crippen LogP contribution in [0.2, 0.25) is 0 Å². The van der Waals surface area contributed by atoms with Crippen molar-refractivity contribution in [2.75, 3.05) is 33.6 Å². The zero-order valence-corrected chi connectivity index (χ0v) is 15.9. The van der Waals surface area contributed by atoms with Gasteiger partial charge in [-0.3, -0.25) is 4.99 Å². The van der Waals surface area contributed by atoms with Crippen LogP contribution >= 0.6 is 0 Å². The van der Waals surface area contributed by atoms with E-state index in [0.717, 1.165) is 13.0 Å². The molecule has 2 rings (SSSR count). The van der Waals surface area contributed by atoms with E-state index in [4.69, 9.17) is 14.2 Å². The minimum atomic E-state index is -2.92. The molecular formula is C18H27F2N3O4. The van der Waals surface area contributed by atoms with Gasteiger partial charge in [0.15, 0.2) is 17.5 Å². The lowest BCUT2D eigenvalue weighted by Gasteiger charge is -2.15.